The zero-order valence-corrected chi connectivity index (χ0v) is 15.9. The first-order chi connectivity index (χ1) is 14.3. The molecule has 5 heterocycles. The Hall–Kier alpha value is -3.46. The van der Waals surface area contributed by atoms with Crippen molar-refractivity contribution in [2.45, 2.75) is 25.4 Å². The largest absolute Gasteiger partial charge is 0.461 e. The monoisotopic (exact) mass is 390 g/mol. The van der Waals surface area contributed by atoms with Gasteiger partial charge in [0.2, 0.25) is 5.82 Å². The molecule has 9 nitrogen and oxygen atoms in total. The summed E-state index contributed by atoms with van der Waals surface area (Å²) in [6.45, 7) is 2.72. The standard InChI is InChI=1S/C20H22N8O/c21-17-11-18(24-20-25-19(26-28(17)20)16-7-4-10-29-16)23-12-15-6-3-9-27(15)13-14-5-1-2-8-22-14/h1-2,4-5,7-8,10-11,15H,3,6,9,12-13,21H2,(H,23,24,25,26). The Morgan fingerprint density at radius 1 is 1.21 bits per heavy atom. The van der Waals surface area contributed by atoms with Crippen molar-refractivity contribution < 1.29 is 4.42 Å². The highest BCUT2D eigenvalue weighted by atomic mass is 16.3. The summed E-state index contributed by atoms with van der Waals surface area (Å²) < 4.78 is 6.88. The van der Waals surface area contributed by atoms with Crippen molar-refractivity contribution in [1.82, 2.24) is 29.5 Å². The third-order valence-corrected chi connectivity index (χ3v) is 5.19. The van der Waals surface area contributed by atoms with Crippen LogP contribution >= 0.6 is 0 Å². The van der Waals surface area contributed by atoms with E-state index in [-0.39, 0.29) is 0 Å². The fourth-order valence-corrected chi connectivity index (χ4v) is 3.75. The van der Waals surface area contributed by atoms with Gasteiger partial charge in [0.1, 0.15) is 11.6 Å². The van der Waals surface area contributed by atoms with E-state index >= 15 is 0 Å². The first kappa shape index (κ1) is 17.6. The van der Waals surface area contributed by atoms with Gasteiger partial charge in [0, 0.05) is 31.4 Å². The van der Waals surface area contributed by atoms with Gasteiger partial charge in [0.15, 0.2) is 5.76 Å². The van der Waals surface area contributed by atoms with Crippen LogP contribution in [0.3, 0.4) is 0 Å². The molecule has 1 aliphatic heterocycles. The highest BCUT2D eigenvalue weighted by molar-refractivity contribution is 5.56. The average molecular weight is 390 g/mol. The van der Waals surface area contributed by atoms with Gasteiger partial charge in [-0.1, -0.05) is 6.07 Å². The number of aromatic nitrogens is 5. The third kappa shape index (κ3) is 3.64. The Morgan fingerprint density at radius 2 is 2.17 bits per heavy atom. The first-order valence-electron chi connectivity index (χ1n) is 9.71. The van der Waals surface area contributed by atoms with Crippen LogP contribution in [0.1, 0.15) is 18.5 Å². The van der Waals surface area contributed by atoms with E-state index in [2.05, 4.69) is 36.3 Å². The summed E-state index contributed by atoms with van der Waals surface area (Å²) in [5.74, 6) is 2.65. The number of hydrogen-bond acceptors (Lipinski definition) is 8. The molecule has 0 spiro atoms. The van der Waals surface area contributed by atoms with Crippen LogP contribution < -0.4 is 11.1 Å². The van der Waals surface area contributed by atoms with Crippen LogP contribution in [0.4, 0.5) is 11.6 Å². The predicted molar refractivity (Wildman–Crippen MR) is 109 cm³/mol. The number of nitrogen functional groups attached to an aromatic ring is 1. The zero-order valence-electron chi connectivity index (χ0n) is 15.9. The van der Waals surface area contributed by atoms with Crippen LogP contribution in [0.5, 0.6) is 0 Å². The van der Waals surface area contributed by atoms with Gasteiger partial charge in [0.25, 0.3) is 5.78 Å². The lowest BCUT2D eigenvalue weighted by molar-refractivity contribution is 0.251. The smallest absolute Gasteiger partial charge is 0.256 e. The molecule has 0 radical (unpaired) electrons. The minimum atomic E-state index is 0.424. The maximum Gasteiger partial charge on any atom is 0.256 e. The van der Waals surface area contributed by atoms with Gasteiger partial charge in [-0.15, -0.1) is 5.10 Å². The van der Waals surface area contributed by atoms with Gasteiger partial charge in [-0.3, -0.25) is 9.88 Å². The molecule has 0 saturated carbocycles. The number of nitrogens with one attached hydrogen (secondary N) is 1. The molecule has 1 saturated heterocycles. The Kier molecular flexibility index (Phi) is 4.57. The fraction of sp³-hybridized carbons (Fsp3) is 0.300. The molecule has 148 valence electrons. The van der Waals surface area contributed by atoms with Crippen LogP contribution in [-0.2, 0) is 6.54 Å². The van der Waals surface area contributed by atoms with E-state index in [1.165, 1.54) is 10.9 Å². The second-order valence-electron chi connectivity index (χ2n) is 7.16. The summed E-state index contributed by atoms with van der Waals surface area (Å²) in [6, 6.07) is 11.9. The Bertz CT molecular complexity index is 1090. The minimum absolute atomic E-state index is 0.424. The zero-order chi connectivity index (χ0) is 19.6. The minimum Gasteiger partial charge on any atom is -0.461 e. The maximum absolute atomic E-state index is 6.17. The highest BCUT2D eigenvalue weighted by Crippen LogP contribution is 2.22. The Morgan fingerprint density at radius 3 is 3.00 bits per heavy atom. The Labute approximate surface area is 167 Å². The van der Waals surface area contributed by atoms with E-state index in [1.807, 2.05) is 18.3 Å². The number of fused-ring (bicyclic) bond motifs is 1. The van der Waals surface area contributed by atoms with Gasteiger partial charge >= 0.3 is 0 Å². The fourth-order valence-electron chi connectivity index (χ4n) is 3.75. The molecule has 0 amide bonds. The van der Waals surface area contributed by atoms with E-state index in [1.54, 1.807) is 24.5 Å². The maximum atomic E-state index is 6.17. The highest BCUT2D eigenvalue weighted by Gasteiger charge is 2.25. The molecule has 5 rings (SSSR count). The van der Waals surface area contributed by atoms with Gasteiger partial charge in [0.05, 0.1) is 12.0 Å². The molecule has 0 aliphatic carbocycles. The van der Waals surface area contributed by atoms with Crippen molar-refractivity contribution >= 4 is 17.4 Å². The van der Waals surface area contributed by atoms with Crippen molar-refractivity contribution in [1.29, 1.82) is 0 Å². The van der Waals surface area contributed by atoms with Gasteiger partial charge in [-0.05, 0) is 43.7 Å². The number of hydrogen-bond donors (Lipinski definition) is 2. The van der Waals surface area contributed by atoms with Crippen LogP contribution in [0, 0.1) is 0 Å². The quantitative estimate of drug-likeness (QED) is 0.516. The molecule has 29 heavy (non-hydrogen) atoms. The third-order valence-electron chi connectivity index (χ3n) is 5.19. The summed E-state index contributed by atoms with van der Waals surface area (Å²) in [5.41, 5.74) is 7.26. The predicted octanol–water partition coefficient (Wildman–Crippen LogP) is 2.44. The normalized spacial score (nSPS) is 17.2. The molecule has 3 N–H and O–H groups in total. The molecular formula is C20H22N8O. The SMILES string of the molecule is Nc1cc(NCC2CCCN2Cc2ccccn2)nc2nc(-c3ccco3)nn12. The molecule has 0 bridgehead atoms. The first-order valence-corrected chi connectivity index (χ1v) is 9.71. The van der Waals surface area contributed by atoms with E-state index < -0.39 is 0 Å². The topological polar surface area (TPSA) is 110 Å². The molecule has 0 aromatic carbocycles. The number of likely N-dealkylation sites (tertiary alicyclic amines) is 1. The molecule has 1 aliphatic rings. The molecule has 4 aromatic rings. The second-order valence-corrected chi connectivity index (χ2v) is 7.16. The van der Waals surface area contributed by atoms with Crippen molar-refractivity contribution in [3.05, 3.63) is 54.6 Å². The van der Waals surface area contributed by atoms with E-state index in [9.17, 15) is 0 Å². The van der Waals surface area contributed by atoms with Crippen LogP contribution in [-0.4, -0.2) is 48.6 Å². The molecule has 1 fully saturated rings. The summed E-state index contributed by atoms with van der Waals surface area (Å²) in [4.78, 5) is 15.9. The summed E-state index contributed by atoms with van der Waals surface area (Å²) in [7, 11) is 0. The second kappa shape index (κ2) is 7.51. The van der Waals surface area contributed by atoms with Crippen molar-refractivity contribution in [3.8, 4) is 11.6 Å². The van der Waals surface area contributed by atoms with Crippen molar-refractivity contribution in [2.75, 3.05) is 24.1 Å². The van der Waals surface area contributed by atoms with Crippen LogP contribution in [0.25, 0.3) is 17.4 Å². The number of nitrogens with zero attached hydrogens (tertiary/aromatic N) is 6. The van der Waals surface area contributed by atoms with Gasteiger partial charge < -0.3 is 15.5 Å². The summed E-state index contributed by atoms with van der Waals surface area (Å²) >= 11 is 0. The lowest BCUT2D eigenvalue weighted by atomic mass is 10.2. The van der Waals surface area contributed by atoms with E-state index in [0.29, 0.717) is 35.0 Å². The summed E-state index contributed by atoms with van der Waals surface area (Å²) in [6.07, 6.45) is 5.76. The van der Waals surface area contributed by atoms with Crippen LogP contribution in [0.15, 0.2) is 53.3 Å². The molecule has 9 heteroatoms. The Balaban J connectivity index is 1.30. The lowest BCUT2D eigenvalue weighted by Gasteiger charge is -2.24. The van der Waals surface area contributed by atoms with Gasteiger partial charge in [-0.25, -0.2) is 0 Å². The average Bonchev–Trinajstić information content (AvgIpc) is 3.48. The molecule has 1 unspecified atom stereocenters. The van der Waals surface area contributed by atoms with Crippen LogP contribution in [0.2, 0.25) is 0 Å². The van der Waals surface area contributed by atoms with E-state index in [0.717, 1.165) is 31.7 Å². The van der Waals surface area contributed by atoms with E-state index in [4.69, 9.17) is 10.2 Å². The van der Waals surface area contributed by atoms with Crippen molar-refractivity contribution in [3.63, 3.8) is 0 Å². The summed E-state index contributed by atoms with van der Waals surface area (Å²) in [5, 5.41) is 7.80. The van der Waals surface area contributed by atoms with Gasteiger partial charge in [-0.2, -0.15) is 14.5 Å². The number of pyridine rings is 1. The number of rotatable bonds is 6. The number of furan rings is 1. The van der Waals surface area contributed by atoms with Crippen molar-refractivity contribution in [2.24, 2.45) is 0 Å². The number of nitrogens with two attached hydrogens (primary N) is 1. The number of anilines is 2. The molecule has 1 atom stereocenters. The molecular weight excluding hydrogens is 368 g/mol. The lowest BCUT2D eigenvalue weighted by Crippen LogP contribution is -2.34. The molecule has 4 aromatic heterocycles.